The topological polar surface area (TPSA) is 23.8 Å². The summed E-state index contributed by atoms with van der Waals surface area (Å²) in [6.07, 6.45) is 10.2. The van der Waals surface area contributed by atoms with Gasteiger partial charge in [0.15, 0.2) is 0 Å². The molecule has 0 aliphatic heterocycles. The third-order valence-corrected chi connectivity index (χ3v) is 20.8. The number of nitrogens with zero attached hydrogens (tertiary/aromatic N) is 1. The molecule has 0 radical (unpaired) electrons. The Kier molecular flexibility index (Phi) is 11.2. The molecule has 84 heavy (non-hydrogen) atoms. The van der Waals surface area contributed by atoms with E-state index < -0.39 is 17.7 Å². The molecule has 3 fully saturated rings. The number of benzene rings is 11. The number of hydrogen-bond acceptors (Lipinski definition) is 2. The molecule has 1 heterocycles. The summed E-state index contributed by atoms with van der Waals surface area (Å²) in [5.41, 5.74) is 28.3. The van der Waals surface area contributed by atoms with Crippen molar-refractivity contribution < 1.29 is 4.11 Å². The lowest BCUT2D eigenvalue weighted by Crippen LogP contribution is -2.11. The number of thiophene rings is 1. The first-order valence-electron chi connectivity index (χ1n) is 32.2. The van der Waals surface area contributed by atoms with Gasteiger partial charge in [-0.15, -0.1) is 11.3 Å². The van der Waals surface area contributed by atoms with Gasteiger partial charge in [-0.1, -0.05) is 221 Å². The van der Waals surface area contributed by atoms with Crippen molar-refractivity contribution >= 4 is 31.5 Å². The van der Waals surface area contributed by atoms with Crippen LogP contribution in [-0.2, 0) is 0 Å². The van der Waals surface area contributed by atoms with Crippen molar-refractivity contribution in [1.29, 1.82) is 5.26 Å². The summed E-state index contributed by atoms with van der Waals surface area (Å²) in [7, 11) is 0. The highest BCUT2D eigenvalue weighted by Crippen LogP contribution is 2.58. The van der Waals surface area contributed by atoms with E-state index in [1.807, 2.05) is 17.4 Å². The minimum absolute atomic E-state index is 0.614. The molecule has 5 aliphatic carbocycles. The number of fused-ring (bicyclic) bond motifs is 19. The molecule has 0 N–H and O–H groups in total. The fraction of sp³-hybridized carbons (Fsp3) is 0.183. The normalized spacial score (nSPS) is 17.0. The van der Waals surface area contributed by atoms with Crippen molar-refractivity contribution in [2.24, 2.45) is 0 Å². The van der Waals surface area contributed by atoms with Crippen LogP contribution in [0.1, 0.15) is 121 Å². The smallest absolute Gasteiger partial charge is 0.0991 e. The van der Waals surface area contributed by atoms with Crippen LogP contribution in [0.25, 0.3) is 143 Å². The second kappa shape index (κ2) is 20.2. The molecular formula is C82H63NS. The van der Waals surface area contributed by atoms with Crippen LogP contribution in [0.5, 0.6) is 0 Å². The van der Waals surface area contributed by atoms with Gasteiger partial charge in [0.2, 0.25) is 0 Å². The first-order valence-corrected chi connectivity index (χ1v) is 31.5. The van der Waals surface area contributed by atoms with Crippen LogP contribution < -0.4 is 0 Å². The fourth-order valence-electron chi connectivity index (χ4n) is 15.7. The molecule has 402 valence electrons. The van der Waals surface area contributed by atoms with Crippen molar-refractivity contribution in [2.75, 3.05) is 0 Å². The maximum absolute atomic E-state index is 11.2. The first-order chi connectivity index (χ1) is 42.7. The number of hydrogen-bond donors (Lipinski definition) is 0. The van der Waals surface area contributed by atoms with Gasteiger partial charge >= 0.3 is 0 Å². The van der Waals surface area contributed by atoms with Crippen molar-refractivity contribution in [3.05, 3.63) is 241 Å². The van der Waals surface area contributed by atoms with Crippen LogP contribution in [-0.4, -0.2) is 0 Å². The van der Waals surface area contributed by atoms with Gasteiger partial charge in [0, 0.05) is 24.3 Å². The third kappa shape index (κ3) is 7.92. The van der Waals surface area contributed by atoms with Crippen LogP contribution in [0.3, 0.4) is 0 Å². The van der Waals surface area contributed by atoms with E-state index in [4.69, 9.17) is 0 Å². The van der Waals surface area contributed by atoms with Crippen LogP contribution in [0.2, 0.25) is 0 Å². The first kappa shape index (κ1) is 46.6. The molecule has 11 aromatic carbocycles. The molecule has 1 nitrogen and oxygen atoms in total. The number of rotatable bonds is 6. The van der Waals surface area contributed by atoms with E-state index in [2.05, 4.69) is 218 Å². The molecule has 1 aromatic heterocycles. The predicted molar refractivity (Wildman–Crippen MR) is 355 cm³/mol. The zero-order chi connectivity index (χ0) is 58.2. The van der Waals surface area contributed by atoms with Crippen LogP contribution >= 0.6 is 11.3 Å². The molecule has 0 atom stereocenters. The van der Waals surface area contributed by atoms with Gasteiger partial charge in [0.05, 0.1) is 11.6 Å². The van der Waals surface area contributed by atoms with E-state index in [1.54, 1.807) is 0 Å². The summed E-state index contributed by atoms with van der Waals surface area (Å²) >= 11 is 1.87. The maximum atomic E-state index is 11.2. The van der Waals surface area contributed by atoms with E-state index in [0.29, 0.717) is 18.4 Å². The van der Waals surface area contributed by atoms with Gasteiger partial charge < -0.3 is 0 Å². The largest absolute Gasteiger partial charge is 0.192 e. The van der Waals surface area contributed by atoms with E-state index >= 15 is 0 Å². The summed E-state index contributed by atoms with van der Waals surface area (Å²) in [5.74, 6) is -2.79. The summed E-state index contributed by atoms with van der Waals surface area (Å²) < 4.78 is 35.5. The van der Waals surface area contributed by atoms with Crippen LogP contribution in [0, 0.1) is 11.3 Å². The Morgan fingerprint density at radius 1 is 0.321 bits per heavy atom. The Labute approximate surface area is 501 Å². The summed E-state index contributed by atoms with van der Waals surface area (Å²) in [5, 5.41) is 13.0. The second-order valence-corrected chi connectivity index (χ2v) is 25.2. The molecular weight excluding hydrogens is 1030 g/mol. The highest BCUT2D eigenvalue weighted by atomic mass is 32.1. The standard InChI is InChI=1S/C82H63NS/c83-49-50-36-40-69-74(44-50)63-29-12-9-25-59(63)58-24-7-8-28-62(58)66-42-38-56(47-77(66)69)80-73(52-20-3-4-21-52)48-72(51-18-1-2-19-51)79(81(80)53-22-5-6-23-53)55-39-43-68-67-41-37-54(57-33-17-34-71-70-32-15-16-35-78(70)84-82(57)71)45-75(67)64-30-13-10-26-60(64)61-27-11-14-31-65(61)76(68)46-55/h7-17,24-48,51-53H,1-6,18-23H2/i51D,52D,53D. The van der Waals surface area contributed by atoms with Gasteiger partial charge in [-0.3, -0.25) is 0 Å². The molecule has 2 heteroatoms. The molecule has 0 bridgehead atoms. The Morgan fingerprint density at radius 3 is 1.17 bits per heavy atom. The van der Waals surface area contributed by atoms with Crippen molar-refractivity contribution in [3.63, 3.8) is 0 Å². The zero-order valence-electron chi connectivity index (χ0n) is 50.1. The fourth-order valence-corrected chi connectivity index (χ4v) is 17.0. The maximum Gasteiger partial charge on any atom is 0.0991 e. The van der Waals surface area contributed by atoms with Crippen LogP contribution in [0.4, 0.5) is 0 Å². The van der Waals surface area contributed by atoms with E-state index in [-0.39, 0.29) is 0 Å². The average Bonchev–Trinajstić information content (AvgIpc) is 1.66. The lowest BCUT2D eigenvalue weighted by molar-refractivity contribution is 0.684. The molecule has 17 rings (SSSR count). The van der Waals surface area contributed by atoms with Gasteiger partial charge in [0.25, 0.3) is 0 Å². The van der Waals surface area contributed by atoms with Gasteiger partial charge in [-0.25, -0.2) is 0 Å². The van der Waals surface area contributed by atoms with Crippen molar-refractivity contribution in [2.45, 2.75) is 94.7 Å². The average molecular weight is 1100 g/mol. The van der Waals surface area contributed by atoms with Gasteiger partial charge in [0.1, 0.15) is 0 Å². The van der Waals surface area contributed by atoms with Crippen molar-refractivity contribution in [3.8, 4) is 128 Å². The predicted octanol–water partition coefficient (Wildman–Crippen LogP) is 23.9. The Bertz CT molecular complexity index is 4900. The minimum Gasteiger partial charge on any atom is -0.192 e. The lowest BCUT2D eigenvalue weighted by atomic mass is 9.72. The molecule has 12 aromatic rings. The molecule has 5 aliphatic rings. The Balaban J connectivity index is 0.954. The summed E-state index contributed by atoms with van der Waals surface area (Å²) in [4.78, 5) is 0. The molecule has 0 spiro atoms. The van der Waals surface area contributed by atoms with Crippen molar-refractivity contribution in [1.82, 2.24) is 0 Å². The highest BCUT2D eigenvalue weighted by Gasteiger charge is 2.36. The van der Waals surface area contributed by atoms with E-state index in [0.717, 1.165) is 164 Å². The second-order valence-electron chi connectivity index (χ2n) is 24.1. The Hall–Kier alpha value is -8.87. The van der Waals surface area contributed by atoms with Gasteiger partial charge in [-0.05, 0) is 232 Å². The molecule has 0 saturated heterocycles. The SMILES string of the molecule is [2H]C1(c2cc(C3([2H])CCCC3)c(-c3ccc4c(c3)-c3ccc(C#N)cc3-c3ccccc3-c3ccccc3-4)c(C3([2H])CCCC3)c2-c2ccc3c(c2)-c2ccccc2-c2ccccc2-c2cc(-c4cccc5c4sc4ccccc45)ccc2-3)CCCC1. The zero-order valence-corrected chi connectivity index (χ0v) is 47.9. The monoisotopic (exact) mass is 1100 g/mol. The minimum atomic E-state index is -0.990. The quantitative estimate of drug-likeness (QED) is 0.163. The highest BCUT2D eigenvalue weighted by molar-refractivity contribution is 7.26. The van der Waals surface area contributed by atoms with Gasteiger partial charge in [-0.2, -0.15) is 5.26 Å². The third-order valence-electron chi connectivity index (χ3n) is 19.6. The molecule has 0 amide bonds. The lowest BCUT2D eigenvalue weighted by Gasteiger charge is -2.32. The van der Waals surface area contributed by atoms with E-state index in [9.17, 15) is 9.37 Å². The summed E-state index contributed by atoms with van der Waals surface area (Å²) in [6.45, 7) is 0. The van der Waals surface area contributed by atoms with Crippen LogP contribution in [0.15, 0.2) is 218 Å². The summed E-state index contributed by atoms with van der Waals surface area (Å²) in [6, 6.07) is 83.1. The number of nitriles is 1. The molecule has 0 unspecified atom stereocenters. The van der Waals surface area contributed by atoms with E-state index in [1.165, 1.54) is 59.1 Å². The Morgan fingerprint density at radius 2 is 0.679 bits per heavy atom. The molecule has 3 saturated carbocycles.